The minimum atomic E-state index is -0.523. The summed E-state index contributed by atoms with van der Waals surface area (Å²) in [5.74, 6) is -0.430. The number of rotatable bonds is 7. The quantitative estimate of drug-likeness (QED) is 0.645. The summed E-state index contributed by atoms with van der Waals surface area (Å²) in [6.45, 7) is 3.60. The molecule has 3 aliphatic rings. The molecule has 158 valence electrons. The van der Waals surface area contributed by atoms with Crippen molar-refractivity contribution in [2.45, 2.75) is 95.2 Å². The van der Waals surface area contributed by atoms with Crippen LogP contribution in [0.15, 0.2) is 0 Å². The van der Waals surface area contributed by atoms with Crippen LogP contribution in [0.4, 0.5) is 0 Å². The number of carbonyl (C=O) groups is 3. The molecule has 1 saturated heterocycles. The third-order valence-corrected chi connectivity index (χ3v) is 6.55. The lowest BCUT2D eigenvalue weighted by Gasteiger charge is -2.41. The van der Waals surface area contributed by atoms with Gasteiger partial charge in [-0.05, 0) is 32.6 Å². The van der Waals surface area contributed by atoms with Gasteiger partial charge < -0.3 is 15.4 Å². The predicted molar refractivity (Wildman–Crippen MR) is 106 cm³/mol. The van der Waals surface area contributed by atoms with E-state index in [-0.39, 0.29) is 30.6 Å². The molecule has 0 aromatic heterocycles. The molecule has 1 heterocycles. The van der Waals surface area contributed by atoms with Gasteiger partial charge in [0.15, 0.2) is 0 Å². The van der Waals surface area contributed by atoms with Gasteiger partial charge in [-0.25, -0.2) is 0 Å². The van der Waals surface area contributed by atoms with Gasteiger partial charge in [-0.15, -0.1) is 0 Å². The monoisotopic (exact) mass is 393 g/mol. The number of nitrogens with one attached hydrogen (secondary N) is 2. The first-order valence-corrected chi connectivity index (χ1v) is 11.0. The fraction of sp³-hybridized carbons (Fsp3) is 0.857. The van der Waals surface area contributed by atoms with Gasteiger partial charge in [-0.3, -0.25) is 19.3 Å². The number of piperazine rings is 1. The van der Waals surface area contributed by atoms with Gasteiger partial charge in [0.25, 0.3) is 0 Å². The Balaban J connectivity index is 1.65. The van der Waals surface area contributed by atoms with Crippen LogP contribution in [0.25, 0.3) is 0 Å². The molecule has 0 radical (unpaired) electrons. The van der Waals surface area contributed by atoms with E-state index in [0.717, 1.165) is 51.5 Å². The van der Waals surface area contributed by atoms with E-state index in [1.54, 1.807) is 6.92 Å². The Morgan fingerprint density at radius 3 is 2.57 bits per heavy atom. The predicted octanol–water partition coefficient (Wildman–Crippen LogP) is 1.89. The molecule has 2 N–H and O–H groups in total. The second-order valence-electron chi connectivity index (χ2n) is 8.56. The van der Waals surface area contributed by atoms with Crippen molar-refractivity contribution in [3.05, 3.63) is 0 Å². The van der Waals surface area contributed by atoms with Gasteiger partial charge in [-0.2, -0.15) is 0 Å². The largest absolute Gasteiger partial charge is 0.466 e. The molecule has 0 aromatic rings. The zero-order valence-electron chi connectivity index (χ0n) is 17.1. The van der Waals surface area contributed by atoms with Crippen molar-refractivity contribution >= 4 is 17.8 Å². The summed E-state index contributed by atoms with van der Waals surface area (Å²) in [4.78, 5) is 39.8. The highest BCUT2D eigenvalue weighted by Gasteiger charge is 2.40. The van der Waals surface area contributed by atoms with Crippen molar-refractivity contribution in [1.29, 1.82) is 0 Å². The van der Waals surface area contributed by atoms with Crippen molar-refractivity contribution in [1.82, 2.24) is 15.5 Å². The van der Waals surface area contributed by atoms with E-state index in [1.165, 1.54) is 12.8 Å². The van der Waals surface area contributed by atoms with Gasteiger partial charge >= 0.3 is 5.97 Å². The highest BCUT2D eigenvalue weighted by Crippen LogP contribution is 2.32. The summed E-state index contributed by atoms with van der Waals surface area (Å²) >= 11 is 0. The first-order chi connectivity index (χ1) is 13.5. The molecule has 3 rings (SSSR count). The Labute approximate surface area is 167 Å². The second kappa shape index (κ2) is 9.72. The molecule has 0 unspecified atom stereocenters. The van der Waals surface area contributed by atoms with Gasteiger partial charge in [-0.1, -0.05) is 32.1 Å². The Bertz CT molecular complexity index is 568. The van der Waals surface area contributed by atoms with Crippen LogP contribution in [0.2, 0.25) is 0 Å². The summed E-state index contributed by atoms with van der Waals surface area (Å²) in [7, 11) is 0. The third-order valence-electron chi connectivity index (χ3n) is 6.55. The van der Waals surface area contributed by atoms with Crippen LogP contribution in [-0.4, -0.2) is 60.0 Å². The SMILES string of the molecule is CCOC(=O)CC1(NC(=O)C[C@H]2C(=O)NCCN2C2CCCC2)CCCCC1. The van der Waals surface area contributed by atoms with Crippen molar-refractivity contribution < 1.29 is 19.1 Å². The lowest BCUT2D eigenvalue weighted by Crippen LogP contribution is -2.60. The van der Waals surface area contributed by atoms with Crippen LogP contribution in [0.1, 0.15) is 77.6 Å². The maximum atomic E-state index is 13.0. The molecule has 7 heteroatoms. The number of ether oxygens (including phenoxy) is 1. The van der Waals surface area contributed by atoms with E-state index in [2.05, 4.69) is 15.5 Å². The Morgan fingerprint density at radius 2 is 1.89 bits per heavy atom. The smallest absolute Gasteiger partial charge is 0.308 e. The topological polar surface area (TPSA) is 87.7 Å². The highest BCUT2D eigenvalue weighted by atomic mass is 16.5. The standard InChI is InChI=1S/C21H35N3O4/c1-2-28-19(26)15-21(10-6-3-7-11-21)23-18(25)14-17-20(27)22-12-13-24(17)16-8-4-5-9-16/h16-17H,2-15H2,1H3,(H,22,27)(H,23,25)/t17-/m0/s1. The molecular formula is C21H35N3O4. The molecule has 2 saturated carbocycles. The zero-order valence-corrected chi connectivity index (χ0v) is 17.1. The maximum absolute atomic E-state index is 13.0. The van der Waals surface area contributed by atoms with Gasteiger partial charge in [0.2, 0.25) is 11.8 Å². The van der Waals surface area contributed by atoms with Crippen molar-refractivity contribution in [3.8, 4) is 0 Å². The Kier molecular flexibility index (Phi) is 7.32. The van der Waals surface area contributed by atoms with E-state index in [1.807, 2.05) is 0 Å². The average molecular weight is 394 g/mol. The summed E-state index contributed by atoms with van der Waals surface area (Å²) in [5.41, 5.74) is -0.523. The summed E-state index contributed by atoms with van der Waals surface area (Å²) in [6, 6.07) is 0.00658. The molecule has 1 atom stereocenters. The molecule has 0 spiro atoms. The molecule has 28 heavy (non-hydrogen) atoms. The zero-order chi connectivity index (χ0) is 20.0. The van der Waals surface area contributed by atoms with Crippen LogP contribution in [0.5, 0.6) is 0 Å². The van der Waals surface area contributed by atoms with E-state index in [9.17, 15) is 14.4 Å². The van der Waals surface area contributed by atoms with Crippen LogP contribution in [-0.2, 0) is 19.1 Å². The number of hydrogen-bond donors (Lipinski definition) is 2. The lowest BCUT2D eigenvalue weighted by atomic mass is 9.79. The van der Waals surface area contributed by atoms with E-state index in [4.69, 9.17) is 4.74 Å². The molecule has 1 aliphatic heterocycles. The number of hydrogen-bond acceptors (Lipinski definition) is 5. The lowest BCUT2D eigenvalue weighted by molar-refractivity contribution is -0.146. The first kappa shape index (κ1) is 21.1. The fourth-order valence-corrected chi connectivity index (χ4v) is 5.20. The minimum Gasteiger partial charge on any atom is -0.466 e. The fourth-order valence-electron chi connectivity index (χ4n) is 5.20. The normalized spacial score (nSPS) is 25.9. The third kappa shape index (κ3) is 5.25. The maximum Gasteiger partial charge on any atom is 0.308 e. The highest BCUT2D eigenvalue weighted by molar-refractivity contribution is 5.89. The summed E-state index contributed by atoms with van der Waals surface area (Å²) in [5, 5.41) is 6.07. The van der Waals surface area contributed by atoms with E-state index >= 15 is 0 Å². The van der Waals surface area contributed by atoms with Crippen molar-refractivity contribution in [2.24, 2.45) is 0 Å². The Hall–Kier alpha value is -1.63. The molecule has 3 fully saturated rings. The summed E-state index contributed by atoms with van der Waals surface area (Å²) in [6.07, 6.45) is 9.70. The van der Waals surface area contributed by atoms with Crippen LogP contribution < -0.4 is 10.6 Å². The van der Waals surface area contributed by atoms with Gasteiger partial charge in [0, 0.05) is 19.1 Å². The summed E-state index contributed by atoms with van der Waals surface area (Å²) < 4.78 is 5.14. The minimum absolute atomic E-state index is 0.0450. The molecule has 0 aromatic carbocycles. The van der Waals surface area contributed by atoms with Crippen molar-refractivity contribution in [2.75, 3.05) is 19.7 Å². The Morgan fingerprint density at radius 1 is 1.18 bits per heavy atom. The van der Waals surface area contributed by atoms with Crippen LogP contribution >= 0.6 is 0 Å². The number of nitrogens with zero attached hydrogens (tertiary/aromatic N) is 1. The van der Waals surface area contributed by atoms with E-state index < -0.39 is 11.6 Å². The molecular weight excluding hydrogens is 358 g/mol. The van der Waals surface area contributed by atoms with Crippen LogP contribution in [0.3, 0.4) is 0 Å². The number of carbonyl (C=O) groups excluding carboxylic acids is 3. The number of amides is 2. The van der Waals surface area contributed by atoms with Crippen LogP contribution in [0, 0.1) is 0 Å². The first-order valence-electron chi connectivity index (χ1n) is 11.0. The molecule has 2 aliphatic carbocycles. The molecule has 2 amide bonds. The van der Waals surface area contributed by atoms with Gasteiger partial charge in [0.05, 0.1) is 31.0 Å². The van der Waals surface area contributed by atoms with Crippen molar-refractivity contribution in [3.63, 3.8) is 0 Å². The van der Waals surface area contributed by atoms with Gasteiger partial charge in [0.1, 0.15) is 0 Å². The van der Waals surface area contributed by atoms with E-state index in [0.29, 0.717) is 19.2 Å². The number of esters is 1. The molecule has 0 bridgehead atoms. The molecule has 7 nitrogen and oxygen atoms in total. The second-order valence-corrected chi connectivity index (χ2v) is 8.56. The average Bonchev–Trinajstić information content (AvgIpc) is 3.18.